The number of carbonyl (C=O) groups is 1. The largest absolute Gasteiger partial charge is 0.495 e. The van der Waals surface area contributed by atoms with Crippen molar-refractivity contribution in [2.75, 3.05) is 12.4 Å². The highest BCUT2D eigenvalue weighted by molar-refractivity contribution is 9.11. The van der Waals surface area contributed by atoms with Crippen molar-refractivity contribution < 1.29 is 9.53 Å². The molecule has 1 amide bonds. The number of rotatable bonds is 5. The number of ether oxygens (including phenoxy) is 1. The number of primary amides is 1. The Morgan fingerprint density at radius 3 is 2.76 bits per heavy atom. The van der Waals surface area contributed by atoms with E-state index in [1.54, 1.807) is 31.5 Å². The number of nitrogens with zero attached hydrogens (tertiary/aromatic N) is 1. The van der Waals surface area contributed by atoms with Crippen molar-refractivity contribution in [2.45, 2.75) is 6.54 Å². The molecule has 2 aromatic rings. The monoisotopic (exact) mass is 413 g/mol. The van der Waals surface area contributed by atoms with Gasteiger partial charge in [-0.25, -0.2) is 0 Å². The molecule has 110 valence electrons. The highest BCUT2D eigenvalue weighted by Crippen LogP contribution is 2.27. The van der Waals surface area contributed by atoms with Crippen molar-refractivity contribution in [1.29, 1.82) is 0 Å². The molecule has 0 bridgehead atoms. The van der Waals surface area contributed by atoms with Crippen LogP contribution in [0.3, 0.4) is 0 Å². The Morgan fingerprint density at radius 1 is 1.38 bits per heavy atom. The zero-order valence-corrected chi connectivity index (χ0v) is 14.4. The van der Waals surface area contributed by atoms with E-state index in [-0.39, 0.29) is 0 Å². The maximum absolute atomic E-state index is 11.2. The van der Waals surface area contributed by atoms with Crippen LogP contribution < -0.4 is 15.8 Å². The number of nitrogens with one attached hydrogen (secondary N) is 1. The fourth-order valence-corrected chi connectivity index (χ4v) is 2.88. The lowest BCUT2D eigenvalue weighted by Crippen LogP contribution is -2.12. The summed E-state index contributed by atoms with van der Waals surface area (Å²) >= 11 is 6.81. The van der Waals surface area contributed by atoms with Gasteiger partial charge < -0.3 is 15.8 Å². The molecule has 0 atom stereocenters. The number of amides is 1. The van der Waals surface area contributed by atoms with Crippen LogP contribution in [0.5, 0.6) is 5.75 Å². The van der Waals surface area contributed by atoms with Gasteiger partial charge in [0.2, 0.25) is 5.91 Å². The van der Waals surface area contributed by atoms with Gasteiger partial charge in [0, 0.05) is 20.7 Å². The van der Waals surface area contributed by atoms with E-state index in [0.717, 1.165) is 14.6 Å². The minimum Gasteiger partial charge on any atom is -0.495 e. The number of hydrogen-bond donors (Lipinski definition) is 2. The van der Waals surface area contributed by atoms with E-state index in [2.05, 4.69) is 42.2 Å². The van der Waals surface area contributed by atoms with Crippen molar-refractivity contribution in [3.63, 3.8) is 0 Å². The molecule has 0 spiro atoms. The Morgan fingerprint density at radius 2 is 2.14 bits per heavy atom. The zero-order valence-electron chi connectivity index (χ0n) is 11.2. The third-order valence-electron chi connectivity index (χ3n) is 2.81. The van der Waals surface area contributed by atoms with Crippen LogP contribution in [0.25, 0.3) is 0 Å². The summed E-state index contributed by atoms with van der Waals surface area (Å²) in [5, 5.41) is 3.20. The molecule has 0 aliphatic carbocycles. The number of hydrogen-bond acceptors (Lipinski definition) is 4. The van der Waals surface area contributed by atoms with Crippen LogP contribution >= 0.6 is 31.9 Å². The van der Waals surface area contributed by atoms with Crippen LogP contribution in [-0.4, -0.2) is 18.0 Å². The van der Waals surface area contributed by atoms with Crippen LogP contribution in [0.2, 0.25) is 0 Å². The van der Waals surface area contributed by atoms with Gasteiger partial charge in [-0.3, -0.25) is 9.78 Å². The number of pyridine rings is 1. The Kier molecular flexibility index (Phi) is 5.19. The highest BCUT2D eigenvalue weighted by atomic mass is 79.9. The lowest BCUT2D eigenvalue weighted by atomic mass is 10.1. The first-order valence-corrected chi connectivity index (χ1v) is 7.61. The number of methoxy groups -OCH3 is 1. The van der Waals surface area contributed by atoms with E-state index in [1.807, 2.05) is 6.07 Å². The van der Waals surface area contributed by atoms with Crippen LogP contribution in [0.15, 0.2) is 39.4 Å². The predicted molar refractivity (Wildman–Crippen MR) is 88.5 cm³/mol. The third kappa shape index (κ3) is 3.95. The molecule has 0 aliphatic heterocycles. The Bertz CT molecular complexity index is 677. The van der Waals surface area contributed by atoms with Gasteiger partial charge in [-0.05, 0) is 56.1 Å². The topological polar surface area (TPSA) is 77.2 Å². The molecule has 1 aromatic carbocycles. The molecule has 5 nitrogen and oxygen atoms in total. The molecule has 0 aliphatic rings. The van der Waals surface area contributed by atoms with Gasteiger partial charge in [0.25, 0.3) is 0 Å². The fourth-order valence-electron chi connectivity index (χ4n) is 1.75. The first-order valence-electron chi connectivity index (χ1n) is 6.03. The average molecular weight is 415 g/mol. The van der Waals surface area contributed by atoms with Crippen molar-refractivity contribution in [3.8, 4) is 5.75 Å². The molecule has 0 saturated heterocycles. The normalized spacial score (nSPS) is 10.2. The summed E-state index contributed by atoms with van der Waals surface area (Å²) in [7, 11) is 1.57. The van der Waals surface area contributed by atoms with Crippen LogP contribution in [0, 0.1) is 0 Å². The maximum Gasteiger partial charge on any atom is 0.248 e. The first kappa shape index (κ1) is 15.8. The van der Waals surface area contributed by atoms with Crippen molar-refractivity contribution >= 4 is 43.5 Å². The van der Waals surface area contributed by atoms with E-state index >= 15 is 0 Å². The molecule has 0 saturated carbocycles. The molecular formula is C14H13Br2N3O2. The number of halogens is 2. The smallest absolute Gasteiger partial charge is 0.248 e. The SMILES string of the molecule is COc1ccc(C(N)=O)cc1NCc1ncc(Br)cc1Br. The van der Waals surface area contributed by atoms with E-state index in [4.69, 9.17) is 10.5 Å². The Balaban J connectivity index is 2.22. The van der Waals surface area contributed by atoms with E-state index in [9.17, 15) is 4.79 Å². The van der Waals surface area contributed by atoms with Crippen LogP contribution in [0.4, 0.5) is 5.69 Å². The summed E-state index contributed by atoms with van der Waals surface area (Å²) in [6, 6.07) is 6.90. The molecule has 0 unspecified atom stereocenters. The molecule has 1 aromatic heterocycles. The third-order valence-corrected chi connectivity index (χ3v) is 3.93. The van der Waals surface area contributed by atoms with E-state index < -0.39 is 5.91 Å². The molecule has 2 rings (SSSR count). The number of carbonyl (C=O) groups excluding carboxylic acids is 1. The second-order valence-electron chi connectivity index (χ2n) is 4.21. The first-order chi connectivity index (χ1) is 10.0. The van der Waals surface area contributed by atoms with Gasteiger partial charge in [-0.2, -0.15) is 0 Å². The van der Waals surface area contributed by atoms with Gasteiger partial charge in [0.1, 0.15) is 5.75 Å². The molecule has 0 radical (unpaired) electrons. The summed E-state index contributed by atoms with van der Waals surface area (Å²) in [6.07, 6.45) is 1.72. The van der Waals surface area contributed by atoms with Crippen molar-refractivity contribution in [2.24, 2.45) is 5.73 Å². The summed E-state index contributed by atoms with van der Waals surface area (Å²) in [6.45, 7) is 0.479. The second kappa shape index (κ2) is 6.91. The van der Waals surface area contributed by atoms with Crippen LogP contribution in [0.1, 0.15) is 16.1 Å². The number of aromatic nitrogens is 1. The molecule has 3 N–H and O–H groups in total. The summed E-state index contributed by atoms with van der Waals surface area (Å²) in [5.74, 6) is 0.150. The Hall–Kier alpha value is -1.60. The van der Waals surface area contributed by atoms with Gasteiger partial charge in [-0.1, -0.05) is 0 Å². The van der Waals surface area contributed by atoms with Gasteiger partial charge in [0.05, 0.1) is 25.0 Å². The molecule has 0 fully saturated rings. The summed E-state index contributed by atoms with van der Waals surface area (Å²) < 4.78 is 7.04. The van der Waals surface area contributed by atoms with Crippen molar-refractivity contribution in [1.82, 2.24) is 4.98 Å². The summed E-state index contributed by atoms with van der Waals surface area (Å²) in [4.78, 5) is 15.6. The molecular weight excluding hydrogens is 402 g/mol. The fraction of sp³-hybridized carbons (Fsp3) is 0.143. The Labute approximate surface area is 139 Å². The number of anilines is 1. The lowest BCUT2D eigenvalue weighted by molar-refractivity contribution is 0.100. The van der Waals surface area contributed by atoms with Gasteiger partial charge in [0.15, 0.2) is 0 Å². The average Bonchev–Trinajstić information content (AvgIpc) is 2.46. The quantitative estimate of drug-likeness (QED) is 0.786. The van der Waals surface area contributed by atoms with Gasteiger partial charge in [-0.15, -0.1) is 0 Å². The minimum absolute atomic E-state index is 0.418. The van der Waals surface area contributed by atoms with Gasteiger partial charge >= 0.3 is 0 Å². The van der Waals surface area contributed by atoms with E-state index in [1.165, 1.54) is 0 Å². The van der Waals surface area contributed by atoms with Crippen molar-refractivity contribution in [3.05, 3.63) is 50.7 Å². The molecule has 1 heterocycles. The lowest BCUT2D eigenvalue weighted by Gasteiger charge is -2.12. The zero-order chi connectivity index (χ0) is 15.4. The maximum atomic E-state index is 11.2. The second-order valence-corrected chi connectivity index (χ2v) is 5.98. The molecule has 7 heteroatoms. The number of benzene rings is 1. The van der Waals surface area contributed by atoms with E-state index in [0.29, 0.717) is 23.5 Å². The highest BCUT2D eigenvalue weighted by Gasteiger charge is 2.09. The predicted octanol–water partition coefficient (Wildman–Crippen LogP) is 3.33. The summed E-state index contributed by atoms with van der Waals surface area (Å²) in [5.41, 5.74) is 7.23. The standard InChI is InChI=1S/C14H13Br2N3O2/c1-21-13-3-2-8(14(17)20)4-11(13)19-7-12-10(16)5-9(15)6-18-12/h2-6,19H,7H2,1H3,(H2,17,20). The van der Waals surface area contributed by atoms with Crippen LogP contribution in [-0.2, 0) is 6.54 Å². The minimum atomic E-state index is -0.483. The number of nitrogens with two attached hydrogens (primary N) is 1. The molecule has 21 heavy (non-hydrogen) atoms.